The first-order valence-corrected chi connectivity index (χ1v) is 9.00. The van der Waals surface area contributed by atoms with Gasteiger partial charge in [-0.15, -0.1) is 11.3 Å². The summed E-state index contributed by atoms with van der Waals surface area (Å²) < 4.78 is 5.14. The molecule has 130 valence electrons. The fraction of sp³-hybridized carbons (Fsp3) is 0.353. The first kappa shape index (κ1) is 15.9. The average molecular weight is 359 g/mol. The smallest absolute Gasteiger partial charge is 0.327 e. The summed E-state index contributed by atoms with van der Waals surface area (Å²) in [7, 11) is 0. The van der Waals surface area contributed by atoms with Crippen molar-refractivity contribution in [3.8, 4) is 0 Å². The van der Waals surface area contributed by atoms with Crippen LogP contribution in [0.5, 0.6) is 0 Å². The number of piperazine rings is 1. The third-order valence-corrected chi connectivity index (χ3v) is 5.53. The second-order valence-electron chi connectivity index (χ2n) is 6.04. The molecule has 2 aliphatic rings. The molecule has 0 saturated carbocycles. The highest BCUT2D eigenvalue weighted by Crippen LogP contribution is 2.24. The maximum Gasteiger partial charge on any atom is 0.327 e. The number of furan rings is 1. The second kappa shape index (κ2) is 6.36. The molecule has 2 saturated heterocycles. The zero-order chi connectivity index (χ0) is 17.4. The first-order valence-electron chi connectivity index (χ1n) is 8.12. The lowest BCUT2D eigenvalue weighted by molar-refractivity contribution is -0.129. The highest BCUT2D eigenvalue weighted by molar-refractivity contribution is 7.09. The Morgan fingerprint density at radius 1 is 1.24 bits per heavy atom. The number of carbonyl (C=O) groups is 3. The van der Waals surface area contributed by atoms with Crippen LogP contribution in [0.3, 0.4) is 0 Å². The summed E-state index contributed by atoms with van der Waals surface area (Å²) in [6.07, 6.45) is 2.10. The number of thiophene rings is 1. The van der Waals surface area contributed by atoms with Gasteiger partial charge < -0.3 is 14.2 Å². The third kappa shape index (κ3) is 2.82. The number of hydrogen-bond donors (Lipinski definition) is 0. The standard InChI is InChI=1S/C17H17N3O4S/c21-15-13-11-18(16(22)14-4-1-9-24-14)7-8-19(13)17(23)20(15)6-5-12-3-2-10-25-12/h1-4,9-10,13H,5-8,11H2/t13-/m1/s1. The van der Waals surface area contributed by atoms with Crippen molar-refractivity contribution in [3.05, 3.63) is 46.5 Å². The zero-order valence-corrected chi connectivity index (χ0v) is 14.3. The Labute approximate surface area is 148 Å². The van der Waals surface area contributed by atoms with Gasteiger partial charge in [0.15, 0.2) is 5.76 Å². The topological polar surface area (TPSA) is 74.1 Å². The molecule has 2 fully saturated rings. The van der Waals surface area contributed by atoms with Crippen LogP contribution in [-0.4, -0.2) is 64.8 Å². The Morgan fingerprint density at radius 2 is 2.12 bits per heavy atom. The van der Waals surface area contributed by atoms with Gasteiger partial charge in [-0.3, -0.25) is 14.5 Å². The van der Waals surface area contributed by atoms with E-state index in [4.69, 9.17) is 4.42 Å². The predicted molar refractivity (Wildman–Crippen MR) is 90.2 cm³/mol. The number of rotatable bonds is 4. The van der Waals surface area contributed by atoms with Gasteiger partial charge in [0.25, 0.3) is 11.8 Å². The maximum absolute atomic E-state index is 12.7. The van der Waals surface area contributed by atoms with Crippen LogP contribution in [0.2, 0.25) is 0 Å². The molecule has 4 rings (SSSR count). The molecule has 7 nitrogen and oxygen atoms in total. The van der Waals surface area contributed by atoms with Gasteiger partial charge in [0.2, 0.25) is 0 Å². The summed E-state index contributed by atoms with van der Waals surface area (Å²) in [6, 6.07) is 6.35. The van der Waals surface area contributed by atoms with E-state index >= 15 is 0 Å². The van der Waals surface area contributed by atoms with Crippen molar-refractivity contribution in [1.29, 1.82) is 0 Å². The Kier molecular flexibility index (Phi) is 4.04. The van der Waals surface area contributed by atoms with Crippen LogP contribution >= 0.6 is 11.3 Å². The van der Waals surface area contributed by atoms with Crippen LogP contribution in [0.1, 0.15) is 15.4 Å². The van der Waals surface area contributed by atoms with Gasteiger partial charge in [-0.1, -0.05) is 6.07 Å². The van der Waals surface area contributed by atoms with Crippen LogP contribution in [0.4, 0.5) is 4.79 Å². The molecule has 0 spiro atoms. The molecular formula is C17H17N3O4S. The van der Waals surface area contributed by atoms with E-state index < -0.39 is 6.04 Å². The molecule has 1 atom stereocenters. The van der Waals surface area contributed by atoms with Crippen LogP contribution in [0.25, 0.3) is 0 Å². The van der Waals surface area contributed by atoms with E-state index in [1.807, 2.05) is 17.5 Å². The summed E-state index contributed by atoms with van der Waals surface area (Å²) in [5.41, 5.74) is 0. The largest absolute Gasteiger partial charge is 0.459 e. The van der Waals surface area contributed by atoms with E-state index in [0.29, 0.717) is 26.1 Å². The van der Waals surface area contributed by atoms with Crippen molar-refractivity contribution in [2.45, 2.75) is 12.5 Å². The van der Waals surface area contributed by atoms with Crippen molar-refractivity contribution in [2.24, 2.45) is 0 Å². The van der Waals surface area contributed by atoms with E-state index in [1.54, 1.807) is 33.3 Å². The lowest BCUT2D eigenvalue weighted by Gasteiger charge is -2.34. The van der Waals surface area contributed by atoms with Gasteiger partial charge in [-0.05, 0) is 30.0 Å². The third-order valence-electron chi connectivity index (χ3n) is 4.59. The summed E-state index contributed by atoms with van der Waals surface area (Å²) in [4.78, 5) is 43.2. The molecular weight excluding hydrogens is 342 g/mol. The molecule has 0 N–H and O–H groups in total. The van der Waals surface area contributed by atoms with Gasteiger partial charge in [0.05, 0.1) is 12.8 Å². The van der Waals surface area contributed by atoms with Crippen LogP contribution in [0.15, 0.2) is 40.3 Å². The summed E-state index contributed by atoms with van der Waals surface area (Å²) in [6.45, 7) is 1.34. The second-order valence-corrected chi connectivity index (χ2v) is 7.07. The minimum atomic E-state index is -0.594. The van der Waals surface area contributed by atoms with Crippen molar-refractivity contribution < 1.29 is 18.8 Å². The number of hydrogen-bond acceptors (Lipinski definition) is 5. The fourth-order valence-corrected chi connectivity index (χ4v) is 3.97. The van der Waals surface area contributed by atoms with Crippen LogP contribution in [-0.2, 0) is 11.2 Å². The van der Waals surface area contributed by atoms with E-state index in [9.17, 15) is 14.4 Å². The van der Waals surface area contributed by atoms with Gasteiger partial charge in [0, 0.05) is 24.5 Å². The molecule has 0 radical (unpaired) electrons. The van der Waals surface area contributed by atoms with Gasteiger partial charge in [0.1, 0.15) is 6.04 Å². The number of urea groups is 1. The molecule has 2 aromatic rings. The number of nitrogens with zero attached hydrogens (tertiary/aromatic N) is 3. The lowest BCUT2D eigenvalue weighted by Crippen LogP contribution is -2.54. The average Bonchev–Trinajstić information content (AvgIpc) is 3.36. The molecule has 8 heteroatoms. The fourth-order valence-electron chi connectivity index (χ4n) is 3.28. The Morgan fingerprint density at radius 3 is 2.84 bits per heavy atom. The van der Waals surface area contributed by atoms with Gasteiger partial charge >= 0.3 is 6.03 Å². The van der Waals surface area contributed by atoms with E-state index in [1.165, 1.54) is 11.2 Å². The van der Waals surface area contributed by atoms with E-state index in [0.717, 1.165) is 4.88 Å². The van der Waals surface area contributed by atoms with E-state index in [2.05, 4.69) is 0 Å². The molecule has 4 amide bonds. The number of amides is 4. The normalized spacial score (nSPS) is 20.3. The quantitative estimate of drug-likeness (QED) is 0.779. The molecule has 0 bridgehead atoms. The van der Waals surface area contributed by atoms with Crippen LogP contribution in [0, 0.1) is 0 Å². The van der Waals surface area contributed by atoms with Crippen molar-refractivity contribution in [2.75, 3.05) is 26.2 Å². The van der Waals surface area contributed by atoms with Crippen molar-refractivity contribution in [1.82, 2.24) is 14.7 Å². The van der Waals surface area contributed by atoms with Crippen LogP contribution < -0.4 is 0 Å². The molecule has 2 aromatic heterocycles. The van der Waals surface area contributed by atoms with E-state index in [-0.39, 0.29) is 30.2 Å². The Hall–Kier alpha value is -2.61. The maximum atomic E-state index is 12.7. The number of fused-ring (bicyclic) bond motifs is 1. The monoisotopic (exact) mass is 359 g/mol. The minimum Gasteiger partial charge on any atom is -0.459 e. The van der Waals surface area contributed by atoms with Crippen molar-refractivity contribution >= 4 is 29.2 Å². The SMILES string of the molecule is O=C(c1ccco1)N1CCN2C(=O)N(CCc3cccs3)C(=O)[C@H]2C1. The molecule has 0 unspecified atom stereocenters. The Balaban J connectivity index is 1.44. The Bertz CT molecular complexity index is 787. The molecule has 0 aromatic carbocycles. The number of carbonyl (C=O) groups excluding carboxylic acids is 3. The first-order chi connectivity index (χ1) is 12.1. The molecule has 25 heavy (non-hydrogen) atoms. The molecule has 2 aliphatic heterocycles. The molecule has 0 aliphatic carbocycles. The minimum absolute atomic E-state index is 0.208. The highest BCUT2D eigenvalue weighted by Gasteiger charge is 2.48. The predicted octanol–water partition coefficient (Wildman–Crippen LogP) is 1.67. The van der Waals surface area contributed by atoms with Gasteiger partial charge in [-0.25, -0.2) is 4.79 Å². The summed E-state index contributed by atoms with van der Waals surface area (Å²) in [5, 5.41) is 1.98. The van der Waals surface area contributed by atoms with Gasteiger partial charge in [-0.2, -0.15) is 0 Å². The number of imide groups is 1. The molecule has 4 heterocycles. The summed E-state index contributed by atoms with van der Waals surface area (Å²) in [5.74, 6) is -0.222. The summed E-state index contributed by atoms with van der Waals surface area (Å²) >= 11 is 1.61. The zero-order valence-electron chi connectivity index (χ0n) is 13.5. The lowest BCUT2D eigenvalue weighted by atomic mass is 10.1. The van der Waals surface area contributed by atoms with Crippen molar-refractivity contribution in [3.63, 3.8) is 0 Å². The highest BCUT2D eigenvalue weighted by atomic mass is 32.1.